The maximum atomic E-state index is 6.03. The van der Waals surface area contributed by atoms with Crippen LogP contribution < -0.4 is 5.84 Å². The predicted octanol–water partition coefficient (Wildman–Crippen LogP) is 5.66. The Kier molecular flexibility index (Phi) is 16.9. The van der Waals surface area contributed by atoms with Gasteiger partial charge in [-0.05, 0) is 12.8 Å². The van der Waals surface area contributed by atoms with Gasteiger partial charge in [0.25, 0.3) is 0 Å². The van der Waals surface area contributed by atoms with E-state index in [9.17, 15) is 0 Å². The number of hydrazine groups is 1. The van der Waals surface area contributed by atoms with Crippen LogP contribution in [0.25, 0.3) is 0 Å². The van der Waals surface area contributed by atoms with E-state index in [1.807, 2.05) is 5.01 Å². The van der Waals surface area contributed by atoms with Crippen LogP contribution in [0, 0.1) is 0 Å². The van der Waals surface area contributed by atoms with Crippen LogP contribution in [0.1, 0.15) is 104 Å². The molecule has 0 aliphatic carbocycles. The van der Waals surface area contributed by atoms with Gasteiger partial charge in [-0.25, -0.2) is 5.01 Å². The number of hydrogen-bond acceptors (Lipinski definition) is 2. The van der Waals surface area contributed by atoms with Crippen molar-refractivity contribution in [2.45, 2.75) is 104 Å². The van der Waals surface area contributed by atoms with Gasteiger partial charge in [-0.1, -0.05) is 90.9 Å². The van der Waals surface area contributed by atoms with Gasteiger partial charge in [-0.15, -0.1) is 0 Å². The lowest BCUT2D eigenvalue weighted by Crippen LogP contribution is -2.32. The highest BCUT2D eigenvalue weighted by Crippen LogP contribution is 2.09. The van der Waals surface area contributed by atoms with E-state index < -0.39 is 0 Å². The molecule has 20 heavy (non-hydrogen) atoms. The van der Waals surface area contributed by atoms with Crippen molar-refractivity contribution in [3.8, 4) is 0 Å². The molecule has 2 heteroatoms. The minimum atomic E-state index is 1.09. The Hall–Kier alpha value is -0.0800. The van der Waals surface area contributed by atoms with Crippen LogP contribution in [0.5, 0.6) is 0 Å². The molecule has 0 aromatic rings. The Morgan fingerprint density at radius 2 is 0.800 bits per heavy atom. The summed E-state index contributed by atoms with van der Waals surface area (Å²) >= 11 is 0. The Morgan fingerprint density at radius 3 is 1.15 bits per heavy atom. The third-order valence-corrected chi connectivity index (χ3v) is 4.10. The molecule has 0 spiro atoms. The molecule has 0 unspecified atom stereocenters. The maximum Gasteiger partial charge on any atom is 0.0128 e. The maximum absolute atomic E-state index is 6.03. The predicted molar refractivity (Wildman–Crippen MR) is 91.7 cm³/mol. The van der Waals surface area contributed by atoms with Crippen LogP contribution in [0.3, 0.4) is 0 Å². The first-order valence-electron chi connectivity index (χ1n) is 9.30. The third-order valence-electron chi connectivity index (χ3n) is 4.10. The molecular formula is C18H40N2. The van der Waals surface area contributed by atoms with Crippen LogP contribution in [0.2, 0.25) is 0 Å². The molecule has 0 bridgehead atoms. The average Bonchev–Trinajstić information content (AvgIpc) is 2.45. The second-order valence-electron chi connectivity index (χ2n) is 6.28. The van der Waals surface area contributed by atoms with Crippen molar-refractivity contribution >= 4 is 0 Å². The van der Waals surface area contributed by atoms with E-state index >= 15 is 0 Å². The van der Waals surface area contributed by atoms with Gasteiger partial charge in [0, 0.05) is 13.1 Å². The van der Waals surface area contributed by atoms with Crippen molar-refractivity contribution in [1.82, 2.24) is 5.01 Å². The minimum absolute atomic E-state index is 1.09. The summed E-state index contributed by atoms with van der Waals surface area (Å²) in [6.45, 7) is 6.72. The third kappa shape index (κ3) is 16.0. The van der Waals surface area contributed by atoms with Gasteiger partial charge < -0.3 is 0 Å². The average molecular weight is 285 g/mol. The zero-order valence-electron chi connectivity index (χ0n) is 14.3. The minimum Gasteiger partial charge on any atom is -0.269 e. The summed E-state index contributed by atoms with van der Waals surface area (Å²) in [6, 6.07) is 0. The molecule has 0 saturated carbocycles. The van der Waals surface area contributed by atoms with Gasteiger partial charge in [0.05, 0.1) is 0 Å². The van der Waals surface area contributed by atoms with Crippen LogP contribution in [0.4, 0.5) is 0 Å². The van der Waals surface area contributed by atoms with Gasteiger partial charge >= 0.3 is 0 Å². The zero-order chi connectivity index (χ0) is 14.9. The summed E-state index contributed by atoms with van der Waals surface area (Å²) < 4.78 is 0. The Balaban J connectivity index is 3.10. The van der Waals surface area contributed by atoms with Crippen molar-refractivity contribution in [2.75, 3.05) is 13.1 Å². The summed E-state index contributed by atoms with van der Waals surface area (Å²) in [6.07, 6.45) is 19.2. The Morgan fingerprint density at radius 1 is 0.500 bits per heavy atom. The SMILES string of the molecule is CCCCCCCCCCN(N)CCCCCCCC. The van der Waals surface area contributed by atoms with E-state index in [0.29, 0.717) is 0 Å². The molecule has 0 radical (unpaired) electrons. The molecule has 2 nitrogen and oxygen atoms in total. The molecule has 0 aromatic carbocycles. The summed E-state index contributed by atoms with van der Waals surface area (Å²) in [5.41, 5.74) is 0. The summed E-state index contributed by atoms with van der Waals surface area (Å²) in [7, 11) is 0. The summed E-state index contributed by atoms with van der Waals surface area (Å²) in [5, 5.41) is 2.04. The van der Waals surface area contributed by atoms with E-state index in [0.717, 1.165) is 13.1 Å². The first kappa shape index (κ1) is 19.9. The molecule has 0 saturated heterocycles. The van der Waals surface area contributed by atoms with Gasteiger partial charge in [0.15, 0.2) is 0 Å². The fourth-order valence-corrected chi connectivity index (χ4v) is 2.66. The first-order chi connectivity index (χ1) is 9.81. The quantitative estimate of drug-likeness (QED) is 0.225. The van der Waals surface area contributed by atoms with Crippen molar-refractivity contribution < 1.29 is 0 Å². The molecular weight excluding hydrogens is 244 g/mol. The second-order valence-corrected chi connectivity index (χ2v) is 6.28. The lowest BCUT2D eigenvalue weighted by molar-refractivity contribution is 0.268. The van der Waals surface area contributed by atoms with Gasteiger partial charge in [0.1, 0.15) is 0 Å². The summed E-state index contributed by atoms with van der Waals surface area (Å²) in [4.78, 5) is 0. The van der Waals surface area contributed by atoms with Crippen LogP contribution in [-0.2, 0) is 0 Å². The molecule has 0 fully saturated rings. The van der Waals surface area contributed by atoms with Gasteiger partial charge in [-0.3, -0.25) is 5.84 Å². The highest BCUT2D eigenvalue weighted by atomic mass is 15.4. The lowest BCUT2D eigenvalue weighted by Gasteiger charge is -2.15. The number of hydrogen-bond donors (Lipinski definition) is 1. The molecule has 0 aromatic heterocycles. The monoisotopic (exact) mass is 284 g/mol. The van der Waals surface area contributed by atoms with Crippen molar-refractivity contribution in [2.24, 2.45) is 5.84 Å². The normalized spacial score (nSPS) is 11.4. The van der Waals surface area contributed by atoms with Crippen LogP contribution >= 0.6 is 0 Å². The van der Waals surface area contributed by atoms with E-state index in [1.165, 1.54) is 89.9 Å². The Bertz CT molecular complexity index is 171. The fraction of sp³-hybridized carbons (Fsp3) is 1.00. The standard InChI is InChI=1S/C18H40N2/c1-3-5-7-9-11-12-14-16-18-20(19)17-15-13-10-8-6-4-2/h3-19H2,1-2H3. The Labute approximate surface area is 128 Å². The molecule has 0 rings (SSSR count). The molecule has 0 aliphatic heterocycles. The van der Waals surface area contributed by atoms with E-state index in [2.05, 4.69) is 13.8 Å². The molecule has 0 heterocycles. The number of unbranched alkanes of at least 4 members (excludes halogenated alkanes) is 12. The summed E-state index contributed by atoms with van der Waals surface area (Å²) in [5.74, 6) is 6.03. The number of nitrogens with zero attached hydrogens (tertiary/aromatic N) is 1. The molecule has 2 N–H and O–H groups in total. The molecule has 122 valence electrons. The highest BCUT2D eigenvalue weighted by molar-refractivity contribution is 4.53. The smallest absolute Gasteiger partial charge is 0.0128 e. The zero-order valence-corrected chi connectivity index (χ0v) is 14.3. The van der Waals surface area contributed by atoms with Gasteiger partial charge in [-0.2, -0.15) is 0 Å². The molecule has 0 atom stereocenters. The largest absolute Gasteiger partial charge is 0.269 e. The topological polar surface area (TPSA) is 29.3 Å². The van der Waals surface area contributed by atoms with Crippen molar-refractivity contribution in [3.63, 3.8) is 0 Å². The van der Waals surface area contributed by atoms with Crippen LogP contribution in [-0.4, -0.2) is 18.1 Å². The fourth-order valence-electron chi connectivity index (χ4n) is 2.66. The van der Waals surface area contributed by atoms with Crippen molar-refractivity contribution in [1.29, 1.82) is 0 Å². The van der Waals surface area contributed by atoms with Crippen LogP contribution in [0.15, 0.2) is 0 Å². The first-order valence-corrected chi connectivity index (χ1v) is 9.30. The van der Waals surface area contributed by atoms with E-state index in [4.69, 9.17) is 5.84 Å². The number of nitrogens with two attached hydrogens (primary N) is 1. The molecule has 0 amide bonds. The van der Waals surface area contributed by atoms with E-state index in [-0.39, 0.29) is 0 Å². The van der Waals surface area contributed by atoms with Crippen molar-refractivity contribution in [3.05, 3.63) is 0 Å². The highest BCUT2D eigenvalue weighted by Gasteiger charge is 1.99. The number of rotatable bonds is 16. The van der Waals surface area contributed by atoms with Gasteiger partial charge in [0.2, 0.25) is 0 Å². The lowest BCUT2D eigenvalue weighted by atomic mass is 10.1. The van der Waals surface area contributed by atoms with E-state index in [1.54, 1.807) is 0 Å². The molecule has 0 aliphatic rings. The second kappa shape index (κ2) is 17.0.